The lowest BCUT2D eigenvalue weighted by Gasteiger charge is -2.34. The van der Waals surface area contributed by atoms with Crippen molar-refractivity contribution in [1.29, 1.82) is 0 Å². The Balaban J connectivity index is 1.75. The van der Waals surface area contributed by atoms with Gasteiger partial charge in [-0.1, -0.05) is 31.6 Å². The van der Waals surface area contributed by atoms with Crippen molar-refractivity contribution in [2.45, 2.75) is 32.6 Å². The van der Waals surface area contributed by atoms with E-state index in [1.54, 1.807) is 23.6 Å². The fourth-order valence-corrected chi connectivity index (χ4v) is 3.43. The third-order valence-electron chi connectivity index (χ3n) is 3.96. The van der Waals surface area contributed by atoms with E-state index in [1.807, 2.05) is 4.31 Å². The largest absolute Gasteiger partial charge is 0.369 e. The zero-order chi connectivity index (χ0) is 17.2. The molecule has 0 aromatic heterocycles. The fourth-order valence-electron chi connectivity index (χ4n) is 2.55. The Kier molecular flexibility index (Phi) is 8.00. The maximum atomic E-state index is 13.0. The zero-order valence-corrected chi connectivity index (χ0v) is 15.0. The first-order valence-electron chi connectivity index (χ1n) is 8.52. The highest BCUT2D eigenvalue weighted by Gasteiger charge is 2.20. The molecule has 0 radical (unpaired) electrons. The van der Waals surface area contributed by atoms with Crippen LogP contribution in [-0.4, -0.2) is 34.7 Å². The third kappa shape index (κ3) is 6.10. The van der Waals surface area contributed by atoms with Crippen LogP contribution in [0, 0.1) is 17.7 Å². The van der Waals surface area contributed by atoms with Gasteiger partial charge >= 0.3 is 0 Å². The molecule has 24 heavy (non-hydrogen) atoms. The van der Waals surface area contributed by atoms with Gasteiger partial charge in [-0.05, 0) is 36.8 Å². The van der Waals surface area contributed by atoms with E-state index in [-0.39, 0.29) is 5.82 Å². The number of hydrogen-bond donors (Lipinski definition) is 0. The zero-order valence-electron chi connectivity index (χ0n) is 14.2. The Labute approximate surface area is 147 Å². The van der Waals surface area contributed by atoms with Crippen molar-refractivity contribution in [2.75, 3.05) is 31.1 Å². The van der Waals surface area contributed by atoms with Crippen molar-refractivity contribution in [3.8, 4) is 11.8 Å². The van der Waals surface area contributed by atoms with Crippen molar-refractivity contribution in [2.24, 2.45) is 0 Å². The maximum Gasteiger partial charge on any atom is 0.123 e. The smallest absolute Gasteiger partial charge is 0.123 e. The third-order valence-corrected chi connectivity index (χ3v) is 5.20. The molecule has 3 nitrogen and oxygen atoms in total. The number of halogens is 1. The molecule has 1 aromatic rings. The van der Waals surface area contributed by atoms with Crippen LogP contribution in [0.2, 0.25) is 0 Å². The number of allylic oxidation sites excluding steroid dienone is 1. The standard InChI is InChI=1S/C19H25FN2OS/c1-2-3-4-5-6-7-8-17-24(23)22-15-13-21(14-16-22)19-11-9-18(20)10-12-19/h8-12,17H,2-5,13-16H2,1H3/b17-8+. The molecule has 1 saturated heterocycles. The van der Waals surface area contributed by atoms with E-state index < -0.39 is 11.0 Å². The Morgan fingerprint density at radius 1 is 1.17 bits per heavy atom. The molecule has 0 amide bonds. The van der Waals surface area contributed by atoms with Gasteiger partial charge in [0.25, 0.3) is 0 Å². The van der Waals surface area contributed by atoms with Crippen molar-refractivity contribution in [3.05, 3.63) is 41.6 Å². The molecule has 1 fully saturated rings. The molecule has 0 N–H and O–H groups in total. The quantitative estimate of drug-likeness (QED) is 0.578. The van der Waals surface area contributed by atoms with Crippen LogP contribution >= 0.6 is 0 Å². The van der Waals surface area contributed by atoms with Crippen LogP contribution in [-0.2, 0) is 11.0 Å². The van der Waals surface area contributed by atoms with Crippen LogP contribution in [0.4, 0.5) is 10.1 Å². The second kappa shape index (κ2) is 10.3. The summed E-state index contributed by atoms with van der Waals surface area (Å²) in [6, 6.07) is 6.52. The lowest BCUT2D eigenvalue weighted by Crippen LogP contribution is -2.46. The molecule has 0 spiro atoms. The van der Waals surface area contributed by atoms with E-state index in [4.69, 9.17) is 0 Å². The van der Waals surface area contributed by atoms with Gasteiger partial charge < -0.3 is 4.90 Å². The van der Waals surface area contributed by atoms with E-state index in [2.05, 4.69) is 23.7 Å². The van der Waals surface area contributed by atoms with Gasteiger partial charge in [-0.2, -0.15) is 0 Å². The van der Waals surface area contributed by atoms with Gasteiger partial charge in [-0.15, -0.1) is 0 Å². The number of benzene rings is 1. The molecular formula is C19H25FN2OS. The van der Waals surface area contributed by atoms with Gasteiger partial charge in [0, 0.05) is 43.7 Å². The lowest BCUT2D eigenvalue weighted by molar-refractivity contribution is 0.413. The summed E-state index contributed by atoms with van der Waals surface area (Å²) >= 11 is 0. The Morgan fingerprint density at radius 3 is 2.54 bits per heavy atom. The monoisotopic (exact) mass is 348 g/mol. The van der Waals surface area contributed by atoms with Crippen molar-refractivity contribution in [1.82, 2.24) is 4.31 Å². The number of piperazine rings is 1. The average molecular weight is 348 g/mol. The van der Waals surface area contributed by atoms with Gasteiger partial charge in [0.15, 0.2) is 0 Å². The van der Waals surface area contributed by atoms with Crippen LogP contribution in [0.15, 0.2) is 35.7 Å². The number of anilines is 1. The first kappa shape index (κ1) is 18.7. The van der Waals surface area contributed by atoms with Gasteiger partial charge in [0.05, 0.1) is 0 Å². The summed E-state index contributed by atoms with van der Waals surface area (Å²) in [5.74, 6) is 5.82. The molecule has 0 saturated carbocycles. The van der Waals surface area contributed by atoms with Crippen LogP contribution in [0.5, 0.6) is 0 Å². The summed E-state index contributed by atoms with van der Waals surface area (Å²) in [6.07, 6.45) is 6.15. The predicted molar refractivity (Wildman–Crippen MR) is 99.4 cm³/mol. The van der Waals surface area contributed by atoms with Crippen molar-refractivity contribution in [3.63, 3.8) is 0 Å². The molecule has 2 rings (SSSR count). The Morgan fingerprint density at radius 2 is 1.88 bits per heavy atom. The van der Waals surface area contributed by atoms with Crippen LogP contribution in [0.1, 0.15) is 32.6 Å². The molecule has 5 heteroatoms. The first-order chi connectivity index (χ1) is 11.7. The van der Waals surface area contributed by atoms with E-state index in [9.17, 15) is 8.60 Å². The van der Waals surface area contributed by atoms with E-state index >= 15 is 0 Å². The maximum absolute atomic E-state index is 13.0. The molecule has 1 heterocycles. The SMILES string of the molecule is CCCCCC#C/C=C/S(=O)N1CCN(c2ccc(F)cc2)CC1. The molecule has 0 aliphatic carbocycles. The fraction of sp³-hybridized carbons (Fsp3) is 0.474. The van der Waals surface area contributed by atoms with Gasteiger partial charge in [0.1, 0.15) is 16.8 Å². The minimum absolute atomic E-state index is 0.223. The second-order valence-electron chi connectivity index (χ2n) is 5.75. The van der Waals surface area contributed by atoms with Crippen LogP contribution < -0.4 is 4.90 Å². The first-order valence-corrected chi connectivity index (χ1v) is 9.69. The minimum Gasteiger partial charge on any atom is -0.369 e. The van der Waals surface area contributed by atoms with Crippen molar-refractivity contribution >= 4 is 16.7 Å². The Bertz CT molecular complexity index is 610. The highest BCUT2D eigenvalue weighted by Crippen LogP contribution is 2.17. The van der Waals surface area contributed by atoms with Gasteiger partial charge in [-0.3, -0.25) is 0 Å². The molecular weight excluding hydrogens is 323 g/mol. The molecule has 1 atom stereocenters. The van der Waals surface area contributed by atoms with E-state index in [0.29, 0.717) is 0 Å². The summed E-state index contributed by atoms with van der Waals surface area (Å²) in [7, 11) is -1.13. The molecule has 1 aliphatic rings. The summed E-state index contributed by atoms with van der Waals surface area (Å²) in [5, 5.41) is 1.67. The predicted octanol–water partition coefficient (Wildman–Crippen LogP) is 3.71. The Hall–Kier alpha value is -1.64. The highest BCUT2D eigenvalue weighted by atomic mass is 32.2. The normalized spacial score (nSPS) is 16.8. The number of rotatable bonds is 6. The second-order valence-corrected chi connectivity index (χ2v) is 7.09. The molecule has 1 unspecified atom stereocenters. The summed E-state index contributed by atoms with van der Waals surface area (Å²) < 4.78 is 27.1. The van der Waals surface area contributed by atoms with E-state index in [0.717, 1.165) is 44.7 Å². The minimum atomic E-state index is -1.13. The highest BCUT2D eigenvalue weighted by molar-refractivity contribution is 7.85. The molecule has 130 valence electrons. The average Bonchev–Trinajstić information content (AvgIpc) is 2.61. The number of nitrogens with zero attached hydrogens (tertiary/aromatic N) is 2. The number of unbranched alkanes of at least 4 members (excludes halogenated alkanes) is 3. The molecule has 1 aliphatic heterocycles. The lowest BCUT2D eigenvalue weighted by atomic mass is 10.2. The summed E-state index contributed by atoms with van der Waals surface area (Å²) in [4.78, 5) is 2.18. The summed E-state index contributed by atoms with van der Waals surface area (Å²) in [5.41, 5.74) is 1.01. The van der Waals surface area contributed by atoms with Gasteiger partial charge in [-0.25, -0.2) is 12.9 Å². The molecule has 0 bridgehead atoms. The van der Waals surface area contributed by atoms with Crippen LogP contribution in [0.3, 0.4) is 0 Å². The van der Waals surface area contributed by atoms with Gasteiger partial charge in [0.2, 0.25) is 0 Å². The van der Waals surface area contributed by atoms with E-state index in [1.165, 1.54) is 25.0 Å². The molecule has 1 aromatic carbocycles. The number of hydrogen-bond acceptors (Lipinski definition) is 2. The van der Waals surface area contributed by atoms with Crippen LogP contribution in [0.25, 0.3) is 0 Å². The topological polar surface area (TPSA) is 23.6 Å². The van der Waals surface area contributed by atoms with Crippen molar-refractivity contribution < 1.29 is 8.60 Å². The summed E-state index contributed by atoms with van der Waals surface area (Å²) in [6.45, 7) is 5.19.